The number of benzene rings is 2. The first-order valence-corrected chi connectivity index (χ1v) is 5.85. The molecule has 20 heavy (non-hydrogen) atoms. The number of halogens is 2. The van der Waals surface area contributed by atoms with E-state index in [1.807, 2.05) is 6.07 Å². The number of ether oxygens (including phenoxy) is 1. The molecule has 0 aliphatic carbocycles. The summed E-state index contributed by atoms with van der Waals surface area (Å²) in [6.45, 7) is -0.561. The van der Waals surface area contributed by atoms with E-state index in [2.05, 4.69) is 0 Å². The zero-order valence-corrected chi connectivity index (χ0v) is 10.4. The van der Waals surface area contributed by atoms with Crippen LogP contribution < -0.4 is 4.74 Å². The van der Waals surface area contributed by atoms with Crippen LogP contribution in [0.1, 0.15) is 16.7 Å². The molecular formula is C15H11F2NO2. The average molecular weight is 275 g/mol. The fraction of sp³-hybridized carbons (Fsp3) is 0.133. The van der Waals surface area contributed by atoms with Gasteiger partial charge < -0.3 is 9.84 Å². The smallest absolute Gasteiger partial charge is 0.165 e. The molecule has 102 valence electrons. The van der Waals surface area contributed by atoms with Gasteiger partial charge in [-0.3, -0.25) is 0 Å². The van der Waals surface area contributed by atoms with Gasteiger partial charge in [-0.2, -0.15) is 5.26 Å². The highest BCUT2D eigenvalue weighted by atomic mass is 19.1. The normalized spacial score (nSPS) is 10.1. The van der Waals surface area contributed by atoms with Crippen LogP contribution in [0.25, 0.3) is 0 Å². The Morgan fingerprint density at radius 2 is 1.90 bits per heavy atom. The zero-order valence-electron chi connectivity index (χ0n) is 10.4. The lowest BCUT2D eigenvalue weighted by atomic mass is 10.1. The van der Waals surface area contributed by atoms with E-state index in [1.54, 1.807) is 0 Å². The lowest BCUT2D eigenvalue weighted by Gasteiger charge is -2.11. The third-order valence-electron chi connectivity index (χ3n) is 2.77. The molecule has 0 saturated carbocycles. The molecule has 1 N–H and O–H groups in total. The number of para-hydroxylation sites is 1. The van der Waals surface area contributed by atoms with Gasteiger partial charge in [0.1, 0.15) is 12.4 Å². The first-order valence-electron chi connectivity index (χ1n) is 5.85. The van der Waals surface area contributed by atoms with Crippen molar-refractivity contribution in [3.8, 4) is 11.8 Å². The highest BCUT2D eigenvalue weighted by Gasteiger charge is 2.11. The summed E-state index contributed by atoms with van der Waals surface area (Å²) in [7, 11) is 0. The van der Waals surface area contributed by atoms with Gasteiger partial charge in [-0.25, -0.2) is 8.78 Å². The Kier molecular flexibility index (Phi) is 4.28. The summed E-state index contributed by atoms with van der Waals surface area (Å²) in [6, 6.07) is 9.95. The number of rotatable bonds is 4. The van der Waals surface area contributed by atoms with Crippen LogP contribution in [0.5, 0.6) is 5.75 Å². The van der Waals surface area contributed by atoms with Crippen molar-refractivity contribution >= 4 is 0 Å². The van der Waals surface area contributed by atoms with E-state index in [1.165, 1.54) is 30.3 Å². The Bertz CT molecular complexity index is 665. The third-order valence-corrected chi connectivity index (χ3v) is 2.77. The lowest BCUT2D eigenvalue weighted by molar-refractivity contribution is 0.249. The van der Waals surface area contributed by atoms with Gasteiger partial charge in [0.25, 0.3) is 0 Å². The highest BCUT2D eigenvalue weighted by molar-refractivity contribution is 5.36. The first-order chi connectivity index (χ1) is 9.65. The molecular weight excluding hydrogens is 264 g/mol. The summed E-state index contributed by atoms with van der Waals surface area (Å²) in [5, 5.41) is 17.7. The molecule has 3 nitrogen and oxygen atoms in total. The molecule has 0 spiro atoms. The van der Waals surface area contributed by atoms with Gasteiger partial charge in [-0.15, -0.1) is 0 Å². The maximum Gasteiger partial charge on any atom is 0.165 e. The van der Waals surface area contributed by atoms with Crippen molar-refractivity contribution < 1.29 is 18.6 Å². The fourth-order valence-electron chi connectivity index (χ4n) is 1.72. The summed E-state index contributed by atoms with van der Waals surface area (Å²) in [5.74, 6) is -1.31. The van der Waals surface area contributed by atoms with Crippen molar-refractivity contribution in [2.75, 3.05) is 0 Å². The Balaban J connectivity index is 2.19. The van der Waals surface area contributed by atoms with Crippen molar-refractivity contribution in [2.45, 2.75) is 13.2 Å². The van der Waals surface area contributed by atoms with Crippen LogP contribution in [0.3, 0.4) is 0 Å². The standard InChI is InChI=1S/C15H11F2NO2/c16-13-3-1-2-11(8-19)15(13)20-9-12-5-4-10(7-18)6-14(12)17/h1-6,19H,8-9H2. The number of hydrogen-bond donors (Lipinski definition) is 1. The van der Waals surface area contributed by atoms with E-state index < -0.39 is 11.6 Å². The lowest BCUT2D eigenvalue weighted by Crippen LogP contribution is -2.03. The number of nitrogens with zero attached hydrogens (tertiary/aromatic N) is 1. The van der Waals surface area contributed by atoms with Crippen LogP contribution in [0.4, 0.5) is 8.78 Å². The SMILES string of the molecule is N#Cc1ccc(COc2c(F)cccc2CO)c(F)c1. The molecule has 2 aromatic carbocycles. The molecule has 5 heteroatoms. The predicted octanol–water partition coefficient (Wildman–Crippen LogP) is 2.91. The summed E-state index contributed by atoms with van der Waals surface area (Å²) < 4.78 is 32.5. The summed E-state index contributed by atoms with van der Waals surface area (Å²) in [4.78, 5) is 0. The molecule has 2 rings (SSSR count). The van der Waals surface area contributed by atoms with E-state index in [9.17, 15) is 8.78 Å². The molecule has 0 atom stereocenters. The third kappa shape index (κ3) is 2.92. The minimum atomic E-state index is -0.620. The first kappa shape index (κ1) is 14.0. The molecule has 0 amide bonds. The Labute approximate surface area is 114 Å². The van der Waals surface area contributed by atoms with Crippen LogP contribution in [0.15, 0.2) is 36.4 Å². The Morgan fingerprint density at radius 3 is 2.55 bits per heavy atom. The second-order valence-corrected chi connectivity index (χ2v) is 4.09. The zero-order chi connectivity index (χ0) is 14.5. The quantitative estimate of drug-likeness (QED) is 0.933. The van der Waals surface area contributed by atoms with Crippen molar-refractivity contribution in [2.24, 2.45) is 0 Å². The van der Waals surface area contributed by atoms with Gasteiger partial charge in [0.15, 0.2) is 11.6 Å². The van der Waals surface area contributed by atoms with Crippen molar-refractivity contribution in [1.82, 2.24) is 0 Å². The summed E-state index contributed by atoms with van der Waals surface area (Å²) in [6.07, 6.45) is 0. The van der Waals surface area contributed by atoms with Gasteiger partial charge in [0.2, 0.25) is 0 Å². The van der Waals surface area contributed by atoms with Gasteiger partial charge in [-0.05, 0) is 18.2 Å². The second-order valence-electron chi connectivity index (χ2n) is 4.09. The summed E-state index contributed by atoms with van der Waals surface area (Å²) in [5.41, 5.74) is 0.698. The van der Waals surface area contributed by atoms with Crippen LogP contribution in [0, 0.1) is 23.0 Å². The number of nitriles is 1. The highest BCUT2D eigenvalue weighted by Crippen LogP contribution is 2.24. The van der Waals surface area contributed by atoms with E-state index >= 15 is 0 Å². The molecule has 0 heterocycles. The van der Waals surface area contributed by atoms with Gasteiger partial charge in [-0.1, -0.05) is 18.2 Å². The van der Waals surface area contributed by atoms with Gasteiger partial charge in [0, 0.05) is 11.1 Å². The molecule has 0 bridgehead atoms. The van der Waals surface area contributed by atoms with Crippen LogP contribution in [-0.2, 0) is 13.2 Å². The topological polar surface area (TPSA) is 53.2 Å². The fourth-order valence-corrected chi connectivity index (χ4v) is 1.72. The maximum absolute atomic E-state index is 13.6. The minimum Gasteiger partial charge on any atom is -0.485 e. The molecule has 0 unspecified atom stereocenters. The van der Waals surface area contributed by atoms with E-state index in [-0.39, 0.29) is 30.1 Å². The average Bonchev–Trinajstić information content (AvgIpc) is 2.46. The van der Waals surface area contributed by atoms with Gasteiger partial charge in [0.05, 0.1) is 18.2 Å². The van der Waals surface area contributed by atoms with Gasteiger partial charge >= 0.3 is 0 Å². The van der Waals surface area contributed by atoms with Crippen LogP contribution in [0.2, 0.25) is 0 Å². The molecule has 0 radical (unpaired) electrons. The van der Waals surface area contributed by atoms with Crippen molar-refractivity contribution in [3.05, 3.63) is 64.7 Å². The Hall–Kier alpha value is -2.45. The maximum atomic E-state index is 13.6. The summed E-state index contributed by atoms with van der Waals surface area (Å²) >= 11 is 0. The predicted molar refractivity (Wildman–Crippen MR) is 67.8 cm³/mol. The number of aliphatic hydroxyl groups excluding tert-OH is 1. The van der Waals surface area contributed by atoms with E-state index in [0.717, 1.165) is 6.07 Å². The number of aliphatic hydroxyl groups is 1. The van der Waals surface area contributed by atoms with Crippen molar-refractivity contribution in [3.63, 3.8) is 0 Å². The van der Waals surface area contributed by atoms with E-state index in [0.29, 0.717) is 5.56 Å². The van der Waals surface area contributed by atoms with Crippen molar-refractivity contribution in [1.29, 1.82) is 5.26 Å². The largest absolute Gasteiger partial charge is 0.485 e. The molecule has 0 aliphatic heterocycles. The molecule has 0 aliphatic rings. The molecule has 0 fully saturated rings. The van der Waals surface area contributed by atoms with E-state index in [4.69, 9.17) is 15.1 Å². The van der Waals surface area contributed by atoms with Crippen LogP contribution >= 0.6 is 0 Å². The minimum absolute atomic E-state index is 0.0984. The van der Waals surface area contributed by atoms with Crippen LogP contribution in [-0.4, -0.2) is 5.11 Å². The second kappa shape index (κ2) is 6.13. The molecule has 0 saturated heterocycles. The Morgan fingerprint density at radius 1 is 1.10 bits per heavy atom. The molecule has 2 aromatic rings. The molecule has 0 aromatic heterocycles. The number of hydrogen-bond acceptors (Lipinski definition) is 3. The monoisotopic (exact) mass is 275 g/mol.